The van der Waals surface area contributed by atoms with Crippen molar-refractivity contribution in [3.63, 3.8) is 0 Å². The van der Waals surface area contributed by atoms with E-state index in [-0.39, 0.29) is 6.61 Å². The minimum atomic E-state index is -4.45. The second kappa shape index (κ2) is 4.19. The summed E-state index contributed by atoms with van der Waals surface area (Å²) in [6.45, 7) is -0.281. The van der Waals surface area contributed by atoms with Crippen molar-refractivity contribution in [1.29, 1.82) is 0 Å². The zero-order valence-corrected chi connectivity index (χ0v) is 10.3. The van der Waals surface area contributed by atoms with Crippen molar-refractivity contribution in [2.45, 2.75) is 18.3 Å². The molecule has 2 heterocycles. The van der Waals surface area contributed by atoms with Crippen molar-refractivity contribution >= 4 is 11.7 Å². The molecule has 20 heavy (non-hydrogen) atoms. The molecule has 3 N–H and O–H groups in total. The van der Waals surface area contributed by atoms with Crippen molar-refractivity contribution in [2.75, 3.05) is 18.9 Å². The number of benzene rings is 1. The number of rotatable bonds is 1. The highest BCUT2D eigenvalue weighted by Crippen LogP contribution is 2.39. The summed E-state index contributed by atoms with van der Waals surface area (Å²) in [5.74, 6) is 0.512. The van der Waals surface area contributed by atoms with E-state index in [1.807, 2.05) is 5.32 Å². The highest BCUT2D eigenvalue weighted by Gasteiger charge is 2.49. The van der Waals surface area contributed by atoms with Gasteiger partial charge in [0.15, 0.2) is 0 Å². The Morgan fingerprint density at radius 3 is 2.80 bits per heavy atom. The number of carbonyl (C=O) groups is 1. The average Bonchev–Trinajstić information content (AvgIpc) is 2.91. The van der Waals surface area contributed by atoms with Crippen molar-refractivity contribution in [2.24, 2.45) is 0 Å². The van der Waals surface area contributed by atoms with Gasteiger partial charge in [-0.25, -0.2) is 4.79 Å². The Kier molecular flexibility index (Phi) is 2.70. The lowest BCUT2D eigenvalue weighted by Gasteiger charge is -2.22. The Hall–Kier alpha value is -2.12. The Labute approximate surface area is 112 Å². The third kappa shape index (κ3) is 2.00. The molecule has 1 fully saturated rings. The third-order valence-corrected chi connectivity index (χ3v) is 3.50. The van der Waals surface area contributed by atoms with E-state index in [1.54, 1.807) is 18.2 Å². The van der Waals surface area contributed by atoms with Crippen LogP contribution in [0.5, 0.6) is 5.75 Å². The first-order chi connectivity index (χ1) is 9.36. The van der Waals surface area contributed by atoms with Crippen LogP contribution in [0, 0.1) is 0 Å². The summed E-state index contributed by atoms with van der Waals surface area (Å²) in [4.78, 5) is 12.9. The molecule has 1 saturated heterocycles. The number of halogens is 3. The van der Waals surface area contributed by atoms with Gasteiger partial charge in [-0.15, -0.1) is 0 Å². The monoisotopic (exact) mass is 287 g/mol. The van der Waals surface area contributed by atoms with Gasteiger partial charge < -0.3 is 20.7 Å². The van der Waals surface area contributed by atoms with E-state index in [9.17, 15) is 18.0 Å². The fraction of sp³-hybridized carbons (Fsp3) is 0.417. The number of carbonyl (C=O) groups excluding carboxylic acids is 1. The maximum absolute atomic E-state index is 12.7. The van der Waals surface area contributed by atoms with Gasteiger partial charge in [-0.1, -0.05) is 6.07 Å². The van der Waals surface area contributed by atoms with Gasteiger partial charge in [-0.05, 0) is 6.07 Å². The van der Waals surface area contributed by atoms with Crippen LogP contribution in [0.3, 0.4) is 0 Å². The van der Waals surface area contributed by atoms with E-state index in [2.05, 4.69) is 0 Å². The highest BCUT2D eigenvalue weighted by atomic mass is 19.4. The number of nitrogens with two attached hydrogens (primary N) is 1. The van der Waals surface area contributed by atoms with Crippen molar-refractivity contribution in [1.82, 2.24) is 10.2 Å². The minimum absolute atomic E-state index is 0.136. The summed E-state index contributed by atoms with van der Waals surface area (Å²) < 4.78 is 43.4. The van der Waals surface area contributed by atoms with Crippen molar-refractivity contribution in [3.8, 4) is 5.75 Å². The summed E-state index contributed by atoms with van der Waals surface area (Å²) >= 11 is 0. The van der Waals surface area contributed by atoms with Gasteiger partial charge in [0.05, 0.1) is 12.6 Å². The molecule has 1 aromatic rings. The number of amides is 2. The average molecular weight is 287 g/mol. The van der Waals surface area contributed by atoms with E-state index < -0.39 is 30.8 Å². The van der Waals surface area contributed by atoms with Crippen molar-refractivity contribution < 1.29 is 22.7 Å². The predicted molar refractivity (Wildman–Crippen MR) is 64.2 cm³/mol. The van der Waals surface area contributed by atoms with Gasteiger partial charge in [-0.2, -0.15) is 13.2 Å². The number of ether oxygens (including phenoxy) is 1. The molecule has 2 aliphatic heterocycles. The summed E-state index contributed by atoms with van der Waals surface area (Å²) in [5.41, 5.74) is 6.80. The standard InChI is InChI=1S/C12H12F3N3O2/c13-12(14,15)10-4-18(11(19)17-10)8-5-20-9-3-6(16)1-2-7(8)9/h1-3,8,10H,4-5,16H2,(H,17,19)/t8-,10+/m1/s1. The predicted octanol–water partition coefficient (Wildman–Crippen LogP) is 1.66. The van der Waals surface area contributed by atoms with E-state index in [1.165, 1.54) is 0 Å². The van der Waals surface area contributed by atoms with Gasteiger partial charge >= 0.3 is 12.2 Å². The van der Waals surface area contributed by atoms with Gasteiger partial charge in [0, 0.05) is 17.3 Å². The first kappa shape index (κ1) is 12.9. The van der Waals surface area contributed by atoms with Crippen LogP contribution >= 0.6 is 0 Å². The number of hydrogen-bond donors (Lipinski definition) is 2. The Bertz CT molecular complexity index is 561. The molecular weight excluding hydrogens is 275 g/mol. The quantitative estimate of drug-likeness (QED) is 0.772. The number of nitrogens with zero attached hydrogens (tertiary/aromatic N) is 1. The van der Waals surface area contributed by atoms with Crippen LogP contribution in [0.15, 0.2) is 18.2 Å². The number of nitrogen functional groups attached to an aromatic ring is 1. The number of fused-ring (bicyclic) bond motifs is 1. The number of anilines is 1. The molecule has 5 nitrogen and oxygen atoms in total. The molecule has 0 unspecified atom stereocenters. The minimum Gasteiger partial charge on any atom is -0.491 e. The van der Waals surface area contributed by atoms with E-state index >= 15 is 0 Å². The Balaban J connectivity index is 1.84. The molecule has 3 rings (SSSR count). The molecule has 0 spiro atoms. The lowest BCUT2D eigenvalue weighted by Crippen LogP contribution is -2.40. The number of nitrogens with one attached hydrogen (secondary N) is 1. The lowest BCUT2D eigenvalue weighted by molar-refractivity contribution is -0.150. The zero-order valence-electron chi connectivity index (χ0n) is 10.3. The molecule has 0 aliphatic carbocycles. The van der Waals surface area contributed by atoms with Crippen LogP contribution in [0.1, 0.15) is 11.6 Å². The first-order valence-electron chi connectivity index (χ1n) is 6.02. The maximum atomic E-state index is 12.7. The third-order valence-electron chi connectivity index (χ3n) is 3.50. The van der Waals surface area contributed by atoms with Crippen LogP contribution in [0.2, 0.25) is 0 Å². The number of urea groups is 1. The fourth-order valence-corrected chi connectivity index (χ4v) is 2.48. The first-order valence-corrected chi connectivity index (χ1v) is 6.02. The molecule has 0 aromatic heterocycles. The van der Waals surface area contributed by atoms with E-state index in [0.717, 1.165) is 4.90 Å². The van der Waals surface area contributed by atoms with Crippen LogP contribution in [-0.2, 0) is 0 Å². The van der Waals surface area contributed by atoms with Crippen LogP contribution in [-0.4, -0.2) is 36.3 Å². The second-order valence-corrected chi connectivity index (χ2v) is 4.82. The van der Waals surface area contributed by atoms with Gasteiger partial charge in [-0.3, -0.25) is 0 Å². The van der Waals surface area contributed by atoms with Crippen LogP contribution in [0.4, 0.5) is 23.7 Å². The number of alkyl halides is 3. The molecule has 2 atom stereocenters. The smallest absolute Gasteiger partial charge is 0.410 e. The normalized spacial score (nSPS) is 25.4. The molecule has 0 radical (unpaired) electrons. The molecule has 1 aromatic carbocycles. The second-order valence-electron chi connectivity index (χ2n) is 4.82. The summed E-state index contributed by atoms with van der Waals surface area (Å²) in [6.07, 6.45) is -4.45. The summed E-state index contributed by atoms with van der Waals surface area (Å²) in [6, 6.07) is 1.83. The fourth-order valence-electron chi connectivity index (χ4n) is 2.48. The van der Waals surface area contributed by atoms with Crippen LogP contribution < -0.4 is 15.8 Å². The van der Waals surface area contributed by atoms with Gasteiger partial charge in [0.2, 0.25) is 0 Å². The topological polar surface area (TPSA) is 67.6 Å². The molecule has 2 aliphatic rings. The lowest BCUT2D eigenvalue weighted by atomic mass is 10.1. The molecule has 0 saturated carbocycles. The van der Waals surface area contributed by atoms with Gasteiger partial charge in [0.25, 0.3) is 0 Å². The Morgan fingerprint density at radius 1 is 1.40 bits per heavy atom. The molecule has 0 bridgehead atoms. The Morgan fingerprint density at radius 2 is 2.15 bits per heavy atom. The summed E-state index contributed by atoms with van der Waals surface area (Å²) in [7, 11) is 0. The van der Waals surface area contributed by atoms with Crippen molar-refractivity contribution in [3.05, 3.63) is 23.8 Å². The zero-order chi connectivity index (χ0) is 14.5. The van der Waals surface area contributed by atoms with E-state index in [0.29, 0.717) is 17.0 Å². The molecule has 8 heteroatoms. The largest absolute Gasteiger partial charge is 0.491 e. The molecular formula is C12H12F3N3O2. The summed E-state index contributed by atoms with van der Waals surface area (Å²) in [5, 5.41) is 1.94. The highest BCUT2D eigenvalue weighted by molar-refractivity contribution is 5.78. The molecule has 2 amide bonds. The van der Waals surface area contributed by atoms with Gasteiger partial charge in [0.1, 0.15) is 18.4 Å². The van der Waals surface area contributed by atoms with E-state index in [4.69, 9.17) is 10.5 Å². The van der Waals surface area contributed by atoms with Crippen LogP contribution in [0.25, 0.3) is 0 Å². The number of hydrogen-bond acceptors (Lipinski definition) is 3. The maximum Gasteiger partial charge on any atom is 0.410 e. The molecule has 108 valence electrons. The SMILES string of the molecule is Nc1ccc2c(c1)OC[C@H]2N1C[C@@H](C(F)(F)F)NC1=O.